The first-order valence-electron chi connectivity index (χ1n) is 9.12. The first-order chi connectivity index (χ1) is 10.4. The summed E-state index contributed by atoms with van der Waals surface area (Å²) < 4.78 is 5.51. The van der Waals surface area contributed by atoms with Crippen molar-refractivity contribution in [2.24, 2.45) is 11.3 Å². The number of hydrogen-bond donors (Lipinski definition) is 1. The highest BCUT2D eigenvalue weighted by atomic mass is 16.6. The van der Waals surface area contributed by atoms with Crippen molar-refractivity contribution in [3.63, 3.8) is 0 Å². The fourth-order valence-electron chi connectivity index (χ4n) is 3.77. The van der Waals surface area contributed by atoms with Crippen LogP contribution < -0.4 is 5.32 Å². The molecule has 2 atom stereocenters. The van der Waals surface area contributed by atoms with Gasteiger partial charge in [0, 0.05) is 25.2 Å². The molecule has 0 aromatic rings. The predicted octanol–water partition coefficient (Wildman–Crippen LogP) is 4.44. The van der Waals surface area contributed by atoms with Gasteiger partial charge < -0.3 is 15.0 Å². The molecule has 1 aliphatic carbocycles. The van der Waals surface area contributed by atoms with Crippen molar-refractivity contribution in [3.8, 4) is 0 Å². The van der Waals surface area contributed by atoms with Crippen LogP contribution in [0, 0.1) is 11.3 Å². The summed E-state index contributed by atoms with van der Waals surface area (Å²) in [6.45, 7) is 18.4. The van der Waals surface area contributed by atoms with Gasteiger partial charge in [0.25, 0.3) is 0 Å². The quantitative estimate of drug-likeness (QED) is 0.812. The van der Waals surface area contributed by atoms with E-state index in [2.05, 4.69) is 26.1 Å². The molecular formula is C19H38N2O2. The van der Waals surface area contributed by atoms with Crippen molar-refractivity contribution in [1.29, 1.82) is 0 Å². The Kier molecular flexibility index (Phi) is 6.94. The third kappa shape index (κ3) is 7.56. The lowest BCUT2D eigenvalue weighted by molar-refractivity contribution is 0.0188. The van der Waals surface area contributed by atoms with Crippen molar-refractivity contribution < 1.29 is 9.53 Å². The largest absolute Gasteiger partial charge is 0.444 e. The van der Waals surface area contributed by atoms with Gasteiger partial charge in [-0.05, 0) is 65.2 Å². The van der Waals surface area contributed by atoms with E-state index in [1.807, 2.05) is 39.5 Å². The molecule has 4 heteroatoms. The van der Waals surface area contributed by atoms with Crippen molar-refractivity contribution in [2.75, 3.05) is 13.1 Å². The van der Waals surface area contributed by atoms with Gasteiger partial charge in [0.05, 0.1) is 0 Å². The van der Waals surface area contributed by atoms with Gasteiger partial charge in [0.1, 0.15) is 5.60 Å². The minimum atomic E-state index is -0.444. The molecule has 136 valence electrons. The van der Waals surface area contributed by atoms with E-state index in [0.717, 1.165) is 12.5 Å². The number of hydrogen-bond acceptors (Lipinski definition) is 3. The molecule has 23 heavy (non-hydrogen) atoms. The zero-order chi connectivity index (χ0) is 17.8. The maximum atomic E-state index is 12.3. The van der Waals surface area contributed by atoms with E-state index in [4.69, 9.17) is 4.74 Å². The number of ether oxygens (including phenoxy) is 1. The number of carbonyl (C=O) groups excluding carboxylic acids is 1. The molecule has 1 rings (SSSR count). The predicted molar refractivity (Wildman–Crippen MR) is 96.7 cm³/mol. The van der Waals surface area contributed by atoms with E-state index in [-0.39, 0.29) is 12.1 Å². The Morgan fingerprint density at radius 3 is 2.39 bits per heavy atom. The smallest absolute Gasteiger partial charge is 0.410 e. The highest BCUT2D eigenvalue weighted by molar-refractivity contribution is 5.68. The molecule has 2 unspecified atom stereocenters. The second-order valence-corrected chi connectivity index (χ2v) is 9.33. The summed E-state index contributed by atoms with van der Waals surface area (Å²) >= 11 is 0. The molecule has 0 aromatic carbocycles. The lowest BCUT2D eigenvalue weighted by atomic mass is 9.70. The number of amides is 1. The Balaban J connectivity index is 2.48. The Morgan fingerprint density at radius 2 is 1.91 bits per heavy atom. The monoisotopic (exact) mass is 326 g/mol. The standard InChI is InChI=1S/C19H38N2O2/c1-14(2)21(17(22)23-18(4,5)6)10-9-20-16-11-15(3)12-19(7,8)13-16/h14-16,20H,9-13H2,1-8H3. The maximum absolute atomic E-state index is 12.3. The Morgan fingerprint density at radius 1 is 1.30 bits per heavy atom. The van der Waals surface area contributed by atoms with Crippen LogP contribution in [0.1, 0.15) is 74.7 Å². The minimum absolute atomic E-state index is 0.147. The summed E-state index contributed by atoms with van der Waals surface area (Å²) in [5.74, 6) is 0.767. The molecule has 0 saturated heterocycles. The maximum Gasteiger partial charge on any atom is 0.410 e. The van der Waals surface area contributed by atoms with E-state index in [9.17, 15) is 4.79 Å². The summed E-state index contributed by atoms with van der Waals surface area (Å²) in [6, 6.07) is 0.703. The average molecular weight is 327 g/mol. The molecule has 0 aromatic heterocycles. The zero-order valence-electron chi connectivity index (χ0n) is 16.5. The molecule has 0 spiro atoms. The molecule has 0 heterocycles. The molecule has 1 fully saturated rings. The molecule has 1 N–H and O–H groups in total. The zero-order valence-corrected chi connectivity index (χ0v) is 16.5. The molecule has 1 saturated carbocycles. The van der Waals surface area contributed by atoms with Gasteiger partial charge in [-0.25, -0.2) is 4.79 Å². The lowest BCUT2D eigenvalue weighted by Gasteiger charge is -2.39. The number of nitrogens with one attached hydrogen (secondary N) is 1. The molecule has 4 nitrogen and oxygen atoms in total. The molecule has 1 aliphatic rings. The SMILES string of the molecule is CC1CC(NCCN(C(=O)OC(C)(C)C)C(C)C)CC(C)(C)C1. The summed E-state index contributed by atoms with van der Waals surface area (Å²) in [5, 5.41) is 3.66. The van der Waals surface area contributed by atoms with Gasteiger partial charge in [0.2, 0.25) is 0 Å². The fourth-order valence-corrected chi connectivity index (χ4v) is 3.77. The Labute approximate surface area is 143 Å². The summed E-state index contributed by atoms with van der Waals surface area (Å²) in [6.07, 6.45) is 3.54. The van der Waals surface area contributed by atoms with Crippen molar-refractivity contribution in [3.05, 3.63) is 0 Å². The van der Waals surface area contributed by atoms with Gasteiger partial charge in [0.15, 0.2) is 0 Å². The molecule has 0 radical (unpaired) electrons. The molecule has 1 amide bonds. The first-order valence-corrected chi connectivity index (χ1v) is 9.12. The first kappa shape index (κ1) is 20.3. The van der Waals surface area contributed by atoms with E-state index in [0.29, 0.717) is 18.0 Å². The van der Waals surface area contributed by atoms with Crippen LogP contribution in [0.5, 0.6) is 0 Å². The van der Waals surface area contributed by atoms with Crippen molar-refractivity contribution in [2.45, 2.75) is 92.3 Å². The summed E-state index contributed by atoms with van der Waals surface area (Å²) in [5.41, 5.74) is -0.0291. The molecule has 0 aliphatic heterocycles. The van der Waals surface area contributed by atoms with Crippen LogP contribution in [0.25, 0.3) is 0 Å². The number of carbonyl (C=O) groups is 1. The van der Waals surface area contributed by atoms with Crippen molar-refractivity contribution >= 4 is 6.09 Å². The molecule has 0 bridgehead atoms. The third-order valence-electron chi connectivity index (χ3n) is 4.42. The Bertz CT molecular complexity index is 385. The van der Waals surface area contributed by atoms with Gasteiger partial charge in [-0.15, -0.1) is 0 Å². The van der Waals surface area contributed by atoms with Crippen LogP contribution in [0.4, 0.5) is 4.79 Å². The van der Waals surface area contributed by atoms with Crippen molar-refractivity contribution in [1.82, 2.24) is 10.2 Å². The van der Waals surface area contributed by atoms with Crippen LogP contribution in [-0.4, -0.2) is 41.8 Å². The average Bonchev–Trinajstić information content (AvgIpc) is 2.28. The van der Waals surface area contributed by atoms with Gasteiger partial charge in [-0.1, -0.05) is 20.8 Å². The summed E-state index contributed by atoms with van der Waals surface area (Å²) in [4.78, 5) is 14.1. The molecular weight excluding hydrogens is 288 g/mol. The van der Waals surface area contributed by atoms with Crippen LogP contribution in [0.15, 0.2) is 0 Å². The second kappa shape index (κ2) is 7.87. The minimum Gasteiger partial charge on any atom is -0.444 e. The highest BCUT2D eigenvalue weighted by Crippen LogP contribution is 2.38. The van der Waals surface area contributed by atoms with Crippen LogP contribution >= 0.6 is 0 Å². The summed E-state index contributed by atoms with van der Waals surface area (Å²) in [7, 11) is 0. The third-order valence-corrected chi connectivity index (χ3v) is 4.42. The van der Waals surface area contributed by atoms with E-state index >= 15 is 0 Å². The highest BCUT2D eigenvalue weighted by Gasteiger charge is 2.32. The van der Waals surface area contributed by atoms with E-state index < -0.39 is 5.60 Å². The van der Waals surface area contributed by atoms with Crippen LogP contribution in [0.3, 0.4) is 0 Å². The topological polar surface area (TPSA) is 41.6 Å². The van der Waals surface area contributed by atoms with Gasteiger partial charge >= 0.3 is 6.09 Å². The van der Waals surface area contributed by atoms with E-state index in [1.54, 1.807) is 0 Å². The van der Waals surface area contributed by atoms with Gasteiger partial charge in [-0.2, -0.15) is 0 Å². The number of nitrogens with zero attached hydrogens (tertiary/aromatic N) is 1. The lowest BCUT2D eigenvalue weighted by Crippen LogP contribution is -2.47. The van der Waals surface area contributed by atoms with Crippen LogP contribution in [-0.2, 0) is 4.74 Å². The number of rotatable bonds is 5. The fraction of sp³-hybridized carbons (Fsp3) is 0.947. The normalized spacial score (nSPS) is 24.6. The van der Waals surface area contributed by atoms with E-state index in [1.165, 1.54) is 19.3 Å². The Hall–Kier alpha value is -0.770. The second-order valence-electron chi connectivity index (χ2n) is 9.33. The van der Waals surface area contributed by atoms with Crippen LogP contribution in [0.2, 0.25) is 0 Å². The van der Waals surface area contributed by atoms with Gasteiger partial charge in [-0.3, -0.25) is 0 Å².